The van der Waals surface area contributed by atoms with Crippen LogP contribution in [0.3, 0.4) is 0 Å². The van der Waals surface area contributed by atoms with Gasteiger partial charge in [0.1, 0.15) is 117 Å². The fraction of sp³-hybridized carbons (Fsp3) is 0.277. The summed E-state index contributed by atoms with van der Waals surface area (Å²) in [6.07, 6.45) is 37.0. The summed E-state index contributed by atoms with van der Waals surface area (Å²) in [5.41, 5.74) is 25.2. The Morgan fingerprint density at radius 2 is 0.873 bits per heavy atom. The molecule has 7 aromatic heterocycles. The number of nitrogens with zero attached hydrogens (tertiary/aromatic N) is 18. The molecule has 1 amide bonds. The zero-order valence-corrected chi connectivity index (χ0v) is 82.2. The highest BCUT2D eigenvalue weighted by molar-refractivity contribution is 7.90. The van der Waals surface area contributed by atoms with E-state index in [9.17, 15) is 26.0 Å². The Kier molecular flexibility index (Phi) is 61.0. The first-order valence-electron chi connectivity index (χ1n) is 40.1. The van der Waals surface area contributed by atoms with Crippen molar-refractivity contribution in [3.05, 3.63) is 238 Å². The number of halogens is 2. The van der Waals surface area contributed by atoms with Crippen LogP contribution in [0.15, 0.2) is 195 Å². The lowest BCUT2D eigenvalue weighted by molar-refractivity contribution is 0.0558. The van der Waals surface area contributed by atoms with Gasteiger partial charge >= 0.3 is 6.09 Å². The number of aromatic hydroxyl groups is 1. The van der Waals surface area contributed by atoms with Gasteiger partial charge in [0.2, 0.25) is 32.0 Å². The van der Waals surface area contributed by atoms with Gasteiger partial charge in [-0.05, 0) is 206 Å². The van der Waals surface area contributed by atoms with Crippen LogP contribution in [0.5, 0.6) is 34.5 Å². The maximum absolute atomic E-state index is 15.1. The quantitative estimate of drug-likeness (QED) is 0.0155. The molecule has 2 atom stereocenters. The number of nitrogens with one attached hydrogen (secondary N) is 1. The summed E-state index contributed by atoms with van der Waals surface area (Å²) in [7, 11) is 7.44. The third-order valence-corrected chi connectivity index (χ3v) is 20.9. The van der Waals surface area contributed by atoms with Crippen LogP contribution in [-0.2, 0) is 53.5 Å². The molecule has 0 spiro atoms. The van der Waals surface area contributed by atoms with Crippen LogP contribution in [0, 0.1) is 143 Å². The van der Waals surface area contributed by atoms with Gasteiger partial charge in [0, 0.05) is 52.2 Å². The van der Waals surface area contributed by atoms with Gasteiger partial charge in [0.05, 0.1) is 119 Å². The minimum atomic E-state index is -3.94. The number of hydrogen-bond donors (Lipinski definition) is 7. The van der Waals surface area contributed by atoms with Gasteiger partial charge in [-0.25, -0.2) is 73.9 Å². The van der Waals surface area contributed by atoms with Crippen LogP contribution in [0.4, 0.5) is 19.3 Å². The first-order chi connectivity index (χ1) is 66.5. The van der Waals surface area contributed by atoms with E-state index in [2.05, 4.69) is 154 Å². The normalized spacial score (nSPS) is 13.7. The lowest BCUT2D eigenvalue weighted by Crippen LogP contribution is -2.54. The largest absolute Gasteiger partial charge is 0.506 e. The van der Waals surface area contributed by atoms with Crippen molar-refractivity contribution >= 4 is 66.8 Å². The Labute approximate surface area is 831 Å². The topological polar surface area (TPSA) is 549 Å². The molecule has 2 aliphatic rings. The molecule has 0 unspecified atom stereocenters. The lowest BCUT2D eigenvalue weighted by atomic mass is 9.91. The van der Waals surface area contributed by atoms with Gasteiger partial charge in [-0.2, -0.15) is 15.8 Å². The average molecular weight is 1980 g/mol. The molecule has 11 N–H and O–H groups in total. The van der Waals surface area contributed by atoms with E-state index in [0.29, 0.717) is 104 Å². The molecule has 2 aromatic carbocycles. The van der Waals surface area contributed by atoms with Gasteiger partial charge in [0.25, 0.3) is 0 Å². The molecule has 0 saturated heterocycles. The number of nitrogen functional groups attached to an aromatic ring is 1. The summed E-state index contributed by atoms with van der Waals surface area (Å²) in [5.74, 6) is 24.3. The first kappa shape index (κ1) is 128. The summed E-state index contributed by atoms with van der Waals surface area (Å²) in [4.78, 5) is 61.9. The molecule has 0 fully saturated rings. The van der Waals surface area contributed by atoms with Crippen LogP contribution in [0.1, 0.15) is 139 Å². The van der Waals surface area contributed by atoms with Gasteiger partial charge in [0.15, 0.2) is 11.7 Å². The highest BCUT2D eigenvalue weighted by Crippen LogP contribution is 2.36. The number of aromatic nitrogens is 7. The number of rotatable bonds is 16. The minimum Gasteiger partial charge on any atom is -0.506 e. The number of ether oxygens (including phenoxy) is 6. The number of pyridine rings is 7. The zero-order chi connectivity index (χ0) is 106. The number of sulfonamides is 2. The van der Waals surface area contributed by atoms with Crippen LogP contribution in [-0.4, -0.2) is 200 Å². The summed E-state index contributed by atoms with van der Waals surface area (Å²) in [6.45, 7) is 15.1. The smallest absolute Gasteiger partial charge is 0.414 e. The first-order valence-corrected chi connectivity index (χ1v) is 43.3. The molecule has 9 aromatic rings. The number of nitriles is 3. The third-order valence-electron chi connectivity index (χ3n) is 17.0. The average Bonchev–Trinajstić information content (AvgIpc) is 0.767. The third kappa shape index (κ3) is 46.3. The minimum absolute atomic E-state index is 0. The van der Waals surface area contributed by atoms with Gasteiger partial charge in [-0.3, -0.25) is 25.3 Å². The number of aliphatic imine (C=N–C) groups is 4. The van der Waals surface area contributed by atoms with Crippen molar-refractivity contribution in [2.24, 2.45) is 47.5 Å². The van der Waals surface area contributed by atoms with Crippen LogP contribution in [0.2, 0.25) is 0 Å². The molecule has 2 aliphatic heterocycles. The van der Waals surface area contributed by atoms with Crippen LogP contribution < -0.4 is 51.9 Å². The number of hydrogen-bond acceptors (Lipinski definition) is 32. The Hall–Kier alpha value is -18.3. The molecule has 0 aliphatic carbocycles. The summed E-state index contributed by atoms with van der Waals surface area (Å²) >= 11 is 0. The second-order valence-corrected chi connectivity index (χ2v) is 32.0. The van der Waals surface area contributed by atoms with E-state index in [1.54, 1.807) is 207 Å². The van der Waals surface area contributed by atoms with Crippen molar-refractivity contribution in [3.63, 3.8) is 0 Å². The summed E-state index contributed by atoms with van der Waals surface area (Å²) < 4.78 is 113. The van der Waals surface area contributed by atoms with Crippen LogP contribution >= 0.6 is 0 Å². The second kappa shape index (κ2) is 67.8. The van der Waals surface area contributed by atoms with Crippen molar-refractivity contribution in [2.45, 2.75) is 107 Å². The molecule has 0 bridgehead atoms. The number of anilines is 1. The Morgan fingerprint density at radius 1 is 0.521 bits per heavy atom. The number of guanidine groups is 2. The van der Waals surface area contributed by atoms with E-state index in [4.69, 9.17) is 96.7 Å². The van der Waals surface area contributed by atoms with E-state index < -0.39 is 60.2 Å². The molecule has 746 valence electrons. The van der Waals surface area contributed by atoms with Gasteiger partial charge in [-0.1, -0.05) is 55.4 Å². The number of nitrogens with two attached hydrogens (primary N) is 4. The SMILES string of the molecule is C.C.C#C.C#CC.C#CC#CC.C#CC#CC#C.CC#CC.CN=C(Cc1ccc(F)c([C@]2(C)CS(=O)(=O)N(C)C(N)=N2)c1)c1ccc(OC)cn1.CN=C(Cc1ccc(F)c([C@]2(C)CS(=O)(=O)N(C)C(NC(=O)OC(C)(C)C)=N2)c1)c1ccc(OC)cn1.CO/N=C(/N)c1ccc(OC)cn1.COc1ccc(/C(N)=N\O)nc1.COc1ccc(C#N)nc1.N#Cc1ccc(N)cn1.N#Cc1ccc(O)cn1. The van der Waals surface area contributed by atoms with Crippen LogP contribution in [0.25, 0.3) is 0 Å². The monoisotopic (exact) mass is 1980 g/mol. The Bertz CT molecular complexity index is 6410. The number of amides is 1. The van der Waals surface area contributed by atoms with E-state index in [-0.39, 0.29) is 61.1 Å². The van der Waals surface area contributed by atoms with E-state index in [0.717, 1.165) is 14.2 Å². The van der Waals surface area contributed by atoms with Gasteiger partial charge < -0.3 is 66.5 Å². The maximum Gasteiger partial charge on any atom is 0.414 e. The number of carbonyl (C=O) groups is 1. The zero-order valence-electron chi connectivity index (χ0n) is 80.6. The predicted octanol–water partition coefficient (Wildman–Crippen LogP) is 11.7. The molecule has 37 nitrogen and oxygen atoms in total. The Morgan fingerprint density at radius 3 is 1.16 bits per heavy atom. The molecule has 11 rings (SSSR count). The van der Waals surface area contributed by atoms with Crippen molar-refractivity contribution in [3.8, 4) is 150 Å². The predicted molar refractivity (Wildman–Crippen MR) is 549 cm³/mol. The number of benzene rings is 2. The van der Waals surface area contributed by atoms with Crippen molar-refractivity contribution < 1.29 is 74.0 Å². The highest BCUT2D eigenvalue weighted by atomic mass is 32.2. The fourth-order valence-electron chi connectivity index (χ4n) is 10.3. The van der Waals surface area contributed by atoms with Crippen molar-refractivity contribution in [1.82, 2.24) is 48.8 Å². The number of carbonyl (C=O) groups excluding carboxylic acids is 1. The van der Waals surface area contributed by atoms with Crippen molar-refractivity contribution in [2.75, 3.05) is 88.1 Å². The Balaban J connectivity index is -0.00000163. The summed E-state index contributed by atoms with van der Waals surface area (Å²) in [6, 6.07) is 37.9. The molecule has 0 radical (unpaired) electrons. The van der Waals surface area contributed by atoms with E-state index in [1.807, 2.05) is 32.1 Å². The lowest BCUT2D eigenvalue weighted by Gasteiger charge is -2.36. The number of oxime groups is 2. The molecule has 41 heteroatoms. The second-order valence-electron chi connectivity index (χ2n) is 28.0. The maximum atomic E-state index is 15.1. The van der Waals surface area contributed by atoms with E-state index >= 15 is 4.39 Å². The van der Waals surface area contributed by atoms with Crippen molar-refractivity contribution in [1.29, 1.82) is 15.8 Å². The highest BCUT2D eigenvalue weighted by Gasteiger charge is 2.44. The molecule has 0 saturated carbocycles. The van der Waals surface area contributed by atoms with Gasteiger partial charge in [-0.15, -0.1) is 56.3 Å². The fourth-order valence-corrected chi connectivity index (χ4v) is 13.2. The van der Waals surface area contributed by atoms with E-state index in [1.165, 1.54) is 77.2 Å². The molecule has 142 heavy (non-hydrogen) atoms. The standard InChI is InChI=1S/C25H32FN5O5S.C20H24FN5O3S.C8H11N3O2.C7H9N3O2.C7H6N2O.C6H5N3.C6H4N2O.C6H2.C5H4.C4H6.C3H4.C2H2.2CH4/c1-24(2,3)36-23(32)29-22-30-25(4,15-37(33,34)31(22)6)18-12-16(8-10-19(18)26)13-21(27-5)20-11-9-17(35-7)14-28-20;1-20(12-30(27,28)26(3)19(22)25-20)15-9-13(5-7-16(15)21)10-18(23-2)17-8-6-14(29-4)11-24-17;1-12-6-3-4-7(10-5-6)8(9)11-13-2;1-12-5-2-3-6(9-4-5)7(8)10-11;1-10-7-3-2-6(4-8)9-5-7;7-3-6-2-1-5(8)4-9-6;7-3-5-1-2-6(9)4-8-5;1-3-5-6-4-2;1-3-5-4-2;1-3-4-2;1-3-2;1-2;;/h8-12,14H,13,15H2,1-7H3,(H,29,30,32);5-9,11H,10,12H2,1-4H3,(H2,22,25);3-5H,1-2H3,(H2,9,11);2-4,11H,1H3,(H2,8,10);2-3,5H,1H3;1-2,4H,8H2;1-2,4,9H;1-2H;1H,2H3;1-2H3;1H,2H3;1-2H;2*1H4/t25-;20-;;;;;;;;;;;;/m00............/s1. The number of alkyl carbamates (subject to hydrolysis) is 1. The number of terminal acetylenes is 5. The molecular formula is C101H117F2N23O14S2. The molecule has 9 heterocycles. The molecular weight excluding hydrogens is 1860 g/mol. The number of amidine groups is 2. The number of methoxy groups -OCH3 is 5. The summed E-state index contributed by atoms with van der Waals surface area (Å²) in [5, 5.41) is 50.6.